The second-order valence-electron chi connectivity index (χ2n) is 2.53. The van der Waals surface area contributed by atoms with Gasteiger partial charge in [-0.25, -0.2) is 0 Å². The van der Waals surface area contributed by atoms with E-state index in [0.717, 1.165) is 12.1 Å². The molecule has 0 saturated heterocycles. The fourth-order valence-electron chi connectivity index (χ4n) is 0.839. The van der Waals surface area contributed by atoms with Gasteiger partial charge in [-0.1, -0.05) is 24.3 Å². The monoisotopic (exact) mass is 468 g/mol. The van der Waals surface area contributed by atoms with Crippen molar-refractivity contribution in [2.45, 2.75) is 0 Å². The number of benzene rings is 1. The number of carbonyl (C=O) groups is 2. The Balaban J connectivity index is 0. The number of hydrogen-bond acceptors (Lipinski definition) is 8. The first-order valence-electron chi connectivity index (χ1n) is 3.81. The quantitative estimate of drug-likeness (QED) is 0.248. The fourth-order valence-corrected chi connectivity index (χ4v) is 0.839. The average molecular weight is 467 g/mol. The van der Waals surface area contributed by atoms with Gasteiger partial charge < -0.3 is 28.9 Å². The van der Waals surface area contributed by atoms with Gasteiger partial charge in [0, 0.05) is 48.8 Å². The van der Waals surface area contributed by atoms with Crippen molar-refractivity contribution in [3.63, 3.8) is 0 Å². The van der Waals surface area contributed by atoms with Crippen molar-refractivity contribution in [2.75, 3.05) is 0 Å². The molecule has 0 aromatic heterocycles. The zero-order chi connectivity index (χ0) is 13.6. The molecular weight excluding hydrogens is 463 g/mol. The largest absolute Gasteiger partial charge is 0.759 e. The second kappa shape index (κ2) is 8.12. The molecule has 0 saturated carbocycles. The van der Waals surface area contributed by atoms with Gasteiger partial charge in [-0.15, -0.1) is 0 Å². The van der Waals surface area contributed by atoms with E-state index in [2.05, 4.69) is 0 Å². The third-order valence-corrected chi connectivity index (χ3v) is 1.37. The first-order chi connectivity index (χ1) is 7.63. The summed E-state index contributed by atoms with van der Waals surface area (Å²) in [6.07, 6.45) is 0. The molecule has 0 aliphatic heterocycles. The number of hydrogen-bond donors (Lipinski definition) is 0. The van der Waals surface area contributed by atoms with Crippen molar-refractivity contribution in [2.24, 2.45) is 0 Å². The van der Waals surface area contributed by atoms with Gasteiger partial charge in [-0.05, 0) is 0 Å². The van der Waals surface area contributed by atoms with Gasteiger partial charge in [-0.3, -0.25) is 8.42 Å². The Kier molecular flexibility index (Phi) is 8.71. The third-order valence-electron chi connectivity index (χ3n) is 1.37. The molecular formula is C8H4O8PbS-4. The number of carboxylic acid groups (broad SMARTS) is 2. The summed E-state index contributed by atoms with van der Waals surface area (Å²) in [5.41, 5.74) is -0.727. The maximum absolute atomic E-state index is 10.3. The van der Waals surface area contributed by atoms with Crippen LogP contribution in [0.15, 0.2) is 24.3 Å². The molecule has 98 valence electrons. The number of rotatable bonds is 2. The molecule has 1 rings (SSSR count). The summed E-state index contributed by atoms with van der Waals surface area (Å²) in [4.78, 5) is 20.6. The van der Waals surface area contributed by atoms with Crippen LogP contribution in [-0.4, -0.2) is 56.8 Å². The second-order valence-corrected chi connectivity index (χ2v) is 3.35. The minimum absolute atomic E-state index is 0. The maximum Gasteiger partial charge on any atom is 0.0721 e. The summed E-state index contributed by atoms with van der Waals surface area (Å²) in [6, 6.07) is 5.14. The van der Waals surface area contributed by atoms with Gasteiger partial charge in [0.1, 0.15) is 0 Å². The van der Waals surface area contributed by atoms with Crippen LogP contribution in [0.25, 0.3) is 0 Å². The molecule has 0 N–H and O–H groups in total. The van der Waals surface area contributed by atoms with Crippen LogP contribution in [-0.2, 0) is 10.4 Å². The van der Waals surface area contributed by atoms with E-state index in [0.29, 0.717) is 0 Å². The van der Waals surface area contributed by atoms with E-state index in [1.165, 1.54) is 12.1 Å². The van der Waals surface area contributed by atoms with E-state index in [-0.39, 0.29) is 38.4 Å². The minimum Gasteiger partial charge on any atom is -0.759 e. The zero-order valence-corrected chi connectivity index (χ0v) is 13.2. The van der Waals surface area contributed by atoms with Crippen LogP contribution in [0, 0.1) is 0 Å². The normalized spacial score (nSPS) is 9.44. The van der Waals surface area contributed by atoms with Crippen LogP contribution in [0.3, 0.4) is 0 Å². The summed E-state index contributed by atoms with van der Waals surface area (Å²) < 4.78 is 34.1. The molecule has 0 spiro atoms. The zero-order valence-electron chi connectivity index (χ0n) is 8.48. The van der Waals surface area contributed by atoms with Gasteiger partial charge >= 0.3 is 0 Å². The average Bonchev–Trinajstić information content (AvgIpc) is 2.15. The predicted molar refractivity (Wildman–Crippen MR) is 51.3 cm³/mol. The Morgan fingerprint density at radius 2 is 1.11 bits per heavy atom. The van der Waals surface area contributed by atoms with E-state index in [9.17, 15) is 19.8 Å². The van der Waals surface area contributed by atoms with Crippen LogP contribution in [0.4, 0.5) is 0 Å². The van der Waals surface area contributed by atoms with Gasteiger partial charge in [0.25, 0.3) is 0 Å². The van der Waals surface area contributed by atoms with Crippen molar-refractivity contribution < 1.29 is 37.3 Å². The summed E-state index contributed by atoms with van der Waals surface area (Å²) in [6.45, 7) is 0. The van der Waals surface area contributed by atoms with Gasteiger partial charge in [0.15, 0.2) is 0 Å². The van der Waals surface area contributed by atoms with E-state index < -0.39 is 22.3 Å². The molecule has 0 atom stereocenters. The topological polar surface area (TPSA) is 161 Å². The Morgan fingerprint density at radius 3 is 1.28 bits per heavy atom. The summed E-state index contributed by atoms with van der Waals surface area (Å²) in [7, 11) is -5.17. The Bertz CT molecular complexity index is 483. The van der Waals surface area contributed by atoms with Crippen LogP contribution in [0.1, 0.15) is 20.7 Å². The Hall–Kier alpha value is -1.05. The maximum atomic E-state index is 10.3. The number of carboxylic acids is 2. The molecule has 0 amide bonds. The van der Waals surface area contributed by atoms with E-state index in [4.69, 9.17) is 17.5 Å². The number of carbonyl (C=O) groups excluding carboxylic acids is 2. The summed E-state index contributed by atoms with van der Waals surface area (Å²) in [5.74, 6) is -3.04. The molecule has 0 heterocycles. The van der Waals surface area contributed by atoms with Crippen LogP contribution >= 0.6 is 0 Å². The van der Waals surface area contributed by atoms with Gasteiger partial charge in [-0.2, -0.15) is 0 Å². The molecule has 0 bridgehead atoms. The molecule has 0 fully saturated rings. The van der Waals surface area contributed by atoms with Crippen molar-refractivity contribution in [1.82, 2.24) is 0 Å². The van der Waals surface area contributed by atoms with E-state index >= 15 is 0 Å². The van der Waals surface area contributed by atoms with Crippen LogP contribution in [0.2, 0.25) is 0 Å². The van der Waals surface area contributed by atoms with Crippen LogP contribution < -0.4 is 10.2 Å². The molecule has 0 aliphatic rings. The van der Waals surface area contributed by atoms with E-state index in [1.807, 2.05) is 0 Å². The van der Waals surface area contributed by atoms with Crippen LogP contribution in [0.5, 0.6) is 0 Å². The third kappa shape index (κ3) is 9.03. The van der Waals surface area contributed by atoms with Gasteiger partial charge in [0.05, 0.1) is 11.9 Å². The Morgan fingerprint density at radius 1 is 0.889 bits per heavy atom. The molecule has 1 aromatic carbocycles. The number of aromatic carboxylic acids is 2. The molecule has 18 heavy (non-hydrogen) atoms. The van der Waals surface area contributed by atoms with Crippen molar-refractivity contribution in [1.29, 1.82) is 0 Å². The van der Waals surface area contributed by atoms with Crippen molar-refractivity contribution in [3.8, 4) is 0 Å². The van der Waals surface area contributed by atoms with Crippen molar-refractivity contribution >= 4 is 49.6 Å². The molecule has 8 nitrogen and oxygen atoms in total. The van der Waals surface area contributed by atoms with E-state index in [1.54, 1.807) is 0 Å². The Labute approximate surface area is 122 Å². The molecule has 10 heteroatoms. The molecule has 0 unspecified atom stereocenters. The first-order valence-corrected chi connectivity index (χ1v) is 5.14. The fraction of sp³-hybridized carbons (Fsp3) is 0. The standard InChI is InChI=1S/C8H6O4.H2O4S.Pb/c9-7(10)5-3-1-2-4-6(5)8(11)12;1-5(2,3)4;/h1-4H,(H,9,10)(H,11,12);(H2,1,2,3,4);/p-4. The van der Waals surface area contributed by atoms with Crippen molar-refractivity contribution in [3.05, 3.63) is 35.4 Å². The summed E-state index contributed by atoms with van der Waals surface area (Å²) >= 11 is 0. The first kappa shape index (κ1) is 19.3. The smallest absolute Gasteiger partial charge is 0.0721 e. The molecule has 0 aliphatic carbocycles. The molecule has 4 radical (unpaired) electrons. The SMILES string of the molecule is O=C([O-])c1ccccc1C(=O)[O-].O=S(=O)([O-])[O-].[Pb]. The minimum atomic E-state index is -5.17. The predicted octanol–water partition coefficient (Wildman–Crippen LogP) is -3.31. The molecule has 1 aromatic rings. The summed E-state index contributed by atoms with van der Waals surface area (Å²) in [5, 5.41) is 20.6. The van der Waals surface area contributed by atoms with Gasteiger partial charge in [0.2, 0.25) is 0 Å².